The summed E-state index contributed by atoms with van der Waals surface area (Å²) in [4.78, 5) is 6.45. The summed E-state index contributed by atoms with van der Waals surface area (Å²) in [5.74, 6) is 1.69. The lowest BCUT2D eigenvalue weighted by atomic mass is 10.0. The van der Waals surface area contributed by atoms with Gasteiger partial charge in [0.2, 0.25) is 0 Å². The van der Waals surface area contributed by atoms with Gasteiger partial charge in [0.25, 0.3) is 0 Å². The van der Waals surface area contributed by atoms with Crippen molar-refractivity contribution in [3.63, 3.8) is 0 Å². The zero-order chi connectivity index (χ0) is 9.97. The summed E-state index contributed by atoms with van der Waals surface area (Å²) in [6.45, 7) is 2.24. The van der Waals surface area contributed by atoms with Crippen molar-refractivity contribution in [3.05, 3.63) is 23.9 Å². The van der Waals surface area contributed by atoms with Crippen LogP contribution >= 0.6 is 0 Å². The van der Waals surface area contributed by atoms with Crippen molar-refractivity contribution >= 4 is 5.82 Å². The van der Waals surface area contributed by atoms with Gasteiger partial charge < -0.3 is 10.2 Å². The molecular formula is C11H17N3. The molecule has 0 aromatic carbocycles. The minimum absolute atomic E-state index is 0.665. The Labute approximate surface area is 85.1 Å². The maximum absolute atomic E-state index is 4.42. The summed E-state index contributed by atoms with van der Waals surface area (Å²) in [6, 6.07) is 4.29. The van der Waals surface area contributed by atoms with Gasteiger partial charge in [0.05, 0.1) is 0 Å². The maximum atomic E-state index is 4.42. The number of nitrogens with one attached hydrogen (secondary N) is 1. The van der Waals surface area contributed by atoms with E-state index < -0.39 is 0 Å². The average Bonchev–Trinajstić information content (AvgIpc) is 2.71. The van der Waals surface area contributed by atoms with Gasteiger partial charge in [-0.15, -0.1) is 0 Å². The summed E-state index contributed by atoms with van der Waals surface area (Å²) in [5, 5.41) is 3.37. The van der Waals surface area contributed by atoms with Crippen LogP contribution < -0.4 is 10.2 Å². The number of pyridine rings is 1. The topological polar surface area (TPSA) is 28.2 Å². The van der Waals surface area contributed by atoms with Crippen LogP contribution in [0.2, 0.25) is 0 Å². The van der Waals surface area contributed by atoms with Crippen molar-refractivity contribution in [3.8, 4) is 0 Å². The second-order valence-electron chi connectivity index (χ2n) is 4.03. The van der Waals surface area contributed by atoms with Gasteiger partial charge in [0.1, 0.15) is 5.82 Å². The first-order valence-corrected chi connectivity index (χ1v) is 5.11. The molecule has 14 heavy (non-hydrogen) atoms. The molecule has 0 saturated carbocycles. The van der Waals surface area contributed by atoms with Crippen LogP contribution in [0.5, 0.6) is 0 Å². The molecule has 0 aliphatic carbocycles. The zero-order valence-corrected chi connectivity index (χ0v) is 8.83. The fourth-order valence-electron chi connectivity index (χ4n) is 1.84. The monoisotopic (exact) mass is 191 g/mol. The molecule has 0 bridgehead atoms. The quantitative estimate of drug-likeness (QED) is 0.762. The summed E-state index contributed by atoms with van der Waals surface area (Å²) in [7, 11) is 4.03. The number of rotatable bonds is 2. The highest BCUT2D eigenvalue weighted by molar-refractivity contribution is 5.38. The molecule has 2 heterocycles. The van der Waals surface area contributed by atoms with E-state index in [0.29, 0.717) is 5.92 Å². The van der Waals surface area contributed by atoms with Crippen molar-refractivity contribution < 1.29 is 0 Å². The molecule has 3 nitrogen and oxygen atoms in total. The van der Waals surface area contributed by atoms with E-state index >= 15 is 0 Å². The number of hydrogen-bond donors (Lipinski definition) is 1. The third kappa shape index (κ3) is 1.87. The Hall–Kier alpha value is -1.09. The van der Waals surface area contributed by atoms with E-state index in [1.165, 1.54) is 12.0 Å². The molecule has 1 aromatic rings. The molecule has 76 valence electrons. The maximum Gasteiger partial charge on any atom is 0.127 e. The highest BCUT2D eigenvalue weighted by Gasteiger charge is 2.16. The molecule has 1 saturated heterocycles. The smallest absolute Gasteiger partial charge is 0.127 e. The van der Waals surface area contributed by atoms with Crippen LogP contribution in [0.3, 0.4) is 0 Å². The van der Waals surface area contributed by atoms with Crippen molar-refractivity contribution in [1.82, 2.24) is 10.3 Å². The third-order valence-electron chi connectivity index (χ3n) is 2.76. The van der Waals surface area contributed by atoms with Crippen LogP contribution in [0.4, 0.5) is 5.82 Å². The van der Waals surface area contributed by atoms with Crippen LogP contribution in [0.1, 0.15) is 17.9 Å². The number of hydrogen-bond acceptors (Lipinski definition) is 3. The van der Waals surface area contributed by atoms with Crippen molar-refractivity contribution in [2.75, 3.05) is 32.1 Å². The van der Waals surface area contributed by atoms with Gasteiger partial charge >= 0.3 is 0 Å². The molecule has 2 rings (SSSR count). The van der Waals surface area contributed by atoms with Crippen LogP contribution in [0, 0.1) is 0 Å². The lowest BCUT2D eigenvalue weighted by Crippen LogP contribution is -2.11. The fraction of sp³-hybridized carbons (Fsp3) is 0.545. The Bertz CT molecular complexity index is 286. The predicted octanol–water partition coefficient (Wildman–Crippen LogP) is 1.22. The third-order valence-corrected chi connectivity index (χ3v) is 2.76. The largest absolute Gasteiger partial charge is 0.363 e. The van der Waals surface area contributed by atoms with E-state index in [-0.39, 0.29) is 0 Å². The van der Waals surface area contributed by atoms with E-state index in [4.69, 9.17) is 0 Å². The second kappa shape index (κ2) is 3.96. The van der Waals surface area contributed by atoms with Crippen LogP contribution in [-0.4, -0.2) is 32.2 Å². The molecule has 1 unspecified atom stereocenters. The Morgan fingerprint density at radius 1 is 1.43 bits per heavy atom. The Kier molecular flexibility index (Phi) is 2.68. The van der Waals surface area contributed by atoms with Gasteiger partial charge in [-0.3, -0.25) is 0 Å². The standard InChI is InChI=1S/C11H17N3/c1-14(2)11-4-3-9(8-13-11)10-5-6-12-7-10/h3-4,8,10,12H,5-7H2,1-2H3. The minimum Gasteiger partial charge on any atom is -0.363 e. The van der Waals surface area contributed by atoms with Crippen molar-refractivity contribution in [2.45, 2.75) is 12.3 Å². The van der Waals surface area contributed by atoms with Crippen LogP contribution in [0.15, 0.2) is 18.3 Å². The molecule has 3 heteroatoms. The Balaban J connectivity index is 2.12. The number of nitrogens with zero attached hydrogens (tertiary/aromatic N) is 2. The first kappa shape index (κ1) is 9.46. The zero-order valence-electron chi connectivity index (χ0n) is 8.83. The molecule has 1 aliphatic rings. The minimum atomic E-state index is 0.665. The van der Waals surface area contributed by atoms with E-state index in [2.05, 4.69) is 22.4 Å². The molecule has 0 spiro atoms. The summed E-state index contributed by atoms with van der Waals surface area (Å²) < 4.78 is 0. The Morgan fingerprint density at radius 2 is 2.29 bits per heavy atom. The lowest BCUT2D eigenvalue weighted by molar-refractivity contribution is 0.758. The summed E-state index contributed by atoms with van der Waals surface area (Å²) in [5.41, 5.74) is 1.36. The first-order chi connectivity index (χ1) is 6.77. The molecular weight excluding hydrogens is 174 g/mol. The van der Waals surface area contributed by atoms with Crippen LogP contribution in [-0.2, 0) is 0 Å². The average molecular weight is 191 g/mol. The fourth-order valence-corrected chi connectivity index (χ4v) is 1.84. The SMILES string of the molecule is CN(C)c1ccc(C2CCNC2)cn1. The molecule has 1 aliphatic heterocycles. The van der Waals surface area contributed by atoms with Gasteiger partial charge in [0.15, 0.2) is 0 Å². The first-order valence-electron chi connectivity index (χ1n) is 5.11. The molecule has 1 N–H and O–H groups in total. The van der Waals surface area contributed by atoms with E-state index in [1.54, 1.807) is 0 Å². The second-order valence-corrected chi connectivity index (χ2v) is 4.03. The normalized spacial score (nSPS) is 21.1. The van der Waals surface area contributed by atoms with Crippen molar-refractivity contribution in [2.24, 2.45) is 0 Å². The Morgan fingerprint density at radius 3 is 2.79 bits per heavy atom. The molecule has 0 amide bonds. The number of aromatic nitrogens is 1. The highest BCUT2D eigenvalue weighted by atomic mass is 15.1. The van der Waals surface area contributed by atoms with Crippen LogP contribution in [0.25, 0.3) is 0 Å². The van der Waals surface area contributed by atoms with Gasteiger partial charge in [-0.25, -0.2) is 4.98 Å². The van der Waals surface area contributed by atoms with E-state index in [1.807, 2.05) is 25.2 Å². The molecule has 0 radical (unpaired) electrons. The lowest BCUT2D eigenvalue weighted by Gasteiger charge is -2.13. The predicted molar refractivity (Wildman–Crippen MR) is 58.8 cm³/mol. The van der Waals surface area contributed by atoms with Crippen molar-refractivity contribution in [1.29, 1.82) is 0 Å². The van der Waals surface area contributed by atoms with E-state index in [0.717, 1.165) is 18.9 Å². The highest BCUT2D eigenvalue weighted by Crippen LogP contribution is 2.22. The summed E-state index contributed by atoms with van der Waals surface area (Å²) >= 11 is 0. The van der Waals surface area contributed by atoms with Gasteiger partial charge in [0, 0.05) is 26.8 Å². The molecule has 1 fully saturated rings. The number of anilines is 1. The van der Waals surface area contributed by atoms with Gasteiger partial charge in [-0.2, -0.15) is 0 Å². The van der Waals surface area contributed by atoms with Gasteiger partial charge in [-0.1, -0.05) is 6.07 Å². The molecule has 1 atom stereocenters. The molecule has 1 aromatic heterocycles. The van der Waals surface area contributed by atoms with E-state index in [9.17, 15) is 0 Å². The summed E-state index contributed by atoms with van der Waals surface area (Å²) in [6.07, 6.45) is 3.25. The van der Waals surface area contributed by atoms with Gasteiger partial charge in [-0.05, 0) is 30.5 Å².